The molecule has 9 heteroatoms. The Balaban J connectivity index is 1.50. The van der Waals surface area contributed by atoms with Crippen LogP contribution >= 0.6 is 11.6 Å². The Kier molecular flexibility index (Phi) is 7.70. The molecule has 1 atom stereocenters. The SMILES string of the molecule is CCOC(=O)N1CCN(CC(=O)N2N=C(c3ccc(OC)cc3)CC2c2ccccc2Cl)CC1. The fourth-order valence-electron chi connectivity index (χ4n) is 4.25. The number of hydrogen-bond acceptors (Lipinski definition) is 6. The Morgan fingerprint density at radius 2 is 1.76 bits per heavy atom. The van der Waals surface area contributed by atoms with E-state index in [-0.39, 0.29) is 24.6 Å². The molecule has 1 unspecified atom stereocenters. The molecule has 4 rings (SSSR count). The molecular weight excluding hydrogens is 456 g/mol. The molecule has 0 spiro atoms. The minimum atomic E-state index is -0.305. The van der Waals surface area contributed by atoms with E-state index in [1.54, 1.807) is 23.9 Å². The van der Waals surface area contributed by atoms with E-state index in [4.69, 9.17) is 26.2 Å². The van der Waals surface area contributed by atoms with E-state index in [9.17, 15) is 9.59 Å². The molecule has 0 radical (unpaired) electrons. The van der Waals surface area contributed by atoms with Crippen molar-refractivity contribution < 1.29 is 19.1 Å². The quantitative estimate of drug-likeness (QED) is 0.623. The van der Waals surface area contributed by atoms with Crippen LogP contribution in [-0.4, -0.2) is 79.0 Å². The molecule has 2 heterocycles. The van der Waals surface area contributed by atoms with Crippen LogP contribution in [0.1, 0.15) is 30.5 Å². The van der Waals surface area contributed by atoms with Crippen LogP contribution in [-0.2, 0) is 9.53 Å². The first-order valence-corrected chi connectivity index (χ1v) is 11.8. The van der Waals surface area contributed by atoms with E-state index in [0.29, 0.717) is 44.2 Å². The number of halogens is 1. The van der Waals surface area contributed by atoms with Crippen LogP contribution in [0.4, 0.5) is 4.79 Å². The Morgan fingerprint density at radius 3 is 2.41 bits per heavy atom. The third-order valence-electron chi connectivity index (χ3n) is 6.11. The van der Waals surface area contributed by atoms with Gasteiger partial charge in [0.05, 0.1) is 32.0 Å². The van der Waals surface area contributed by atoms with Crippen molar-refractivity contribution in [1.29, 1.82) is 0 Å². The van der Waals surface area contributed by atoms with Gasteiger partial charge in [-0.15, -0.1) is 0 Å². The topological polar surface area (TPSA) is 74.7 Å². The van der Waals surface area contributed by atoms with E-state index in [1.165, 1.54) is 0 Å². The molecule has 8 nitrogen and oxygen atoms in total. The van der Waals surface area contributed by atoms with Crippen molar-refractivity contribution in [3.05, 3.63) is 64.7 Å². The van der Waals surface area contributed by atoms with Crippen LogP contribution in [0.3, 0.4) is 0 Å². The zero-order valence-electron chi connectivity index (χ0n) is 19.4. The van der Waals surface area contributed by atoms with Crippen molar-refractivity contribution in [3.8, 4) is 5.75 Å². The molecule has 34 heavy (non-hydrogen) atoms. The number of piperazine rings is 1. The van der Waals surface area contributed by atoms with Gasteiger partial charge in [0.25, 0.3) is 5.91 Å². The van der Waals surface area contributed by atoms with Crippen LogP contribution in [0, 0.1) is 0 Å². The first-order chi connectivity index (χ1) is 16.5. The van der Waals surface area contributed by atoms with Crippen LogP contribution in [0.25, 0.3) is 0 Å². The highest BCUT2D eigenvalue weighted by Crippen LogP contribution is 2.36. The van der Waals surface area contributed by atoms with Gasteiger partial charge in [0, 0.05) is 37.6 Å². The molecule has 180 valence electrons. The van der Waals surface area contributed by atoms with Gasteiger partial charge in [-0.2, -0.15) is 5.10 Å². The maximum absolute atomic E-state index is 13.4. The molecule has 0 N–H and O–H groups in total. The van der Waals surface area contributed by atoms with Crippen LogP contribution in [0.2, 0.25) is 5.02 Å². The van der Waals surface area contributed by atoms with Crippen LogP contribution < -0.4 is 4.74 Å². The van der Waals surface area contributed by atoms with Crippen molar-refractivity contribution in [2.75, 3.05) is 46.4 Å². The molecule has 1 saturated heterocycles. The molecule has 2 aromatic rings. The summed E-state index contributed by atoms with van der Waals surface area (Å²) < 4.78 is 10.3. The number of hydrazone groups is 1. The monoisotopic (exact) mass is 484 g/mol. The lowest BCUT2D eigenvalue weighted by Crippen LogP contribution is -2.51. The molecule has 0 bridgehead atoms. The summed E-state index contributed by atoms with van der Waals surface area (Å²) in [5, 5.41) is 6.91. The number of nitrogens with zero attached hydrogens (tertiary/aromatic N) is 4. The van der Waals surface area contributed by atoms with Crippen molar-refractivity contribution in [1.82, 2.24) is 14.8 Å². The van der Waals surface area contributed by atoms with Crippen molar-refractivity contribution in [2.45, 2.75) is 19.4 Å². The second kappa shape index (κ2) is 10.9. The number of amides is 2. The van der Waals surface area contributed by atoms with Crippen molar-refractivity contribution in [3.63, 3.8) is 0 Å². The number of rotatable bonds is 6. The second-order valence-electron chi connectivity index (χ2n) is 8.22. The Morgan fingerprint density at radius 1 is 1.06 bits per heavy atom. The molecule has 2 amide bonds. The number of ether oxygens (including phenoxy) is 2. The van der Waals surface area contributed by atoms with Gasteiger partial charge < -0.3 is 14.4 Å². The van der Waals surface area contributed by atoms with E-state index in [0.717, 1.165) is 22.6 Å². The summed E-state index contributed by atoms with van der Waals surface area (Å²) in [6.45, 7) is 4.62. The predicted molar refractivity (Wildman–Crippen MR) is 130 cm³/mol. The number of carbonyl (C=O) groups is 2. The first-order valence-electron chi connectivity index (χ1n) is 11.4. The molecule has 0 saturated carbocycles. The number of methoxy groups -OCH3 is 1. The highest BCUT2D eigenvalue weighted by atomic mass is 35.5. The third kappa shape index (κ3) is 5.34. The van der Waals surface area contributed by atoms with Crippen LogP contribution in [0.15, 0.2) is 53.6 Å². The Bertz CT molecular complexity index is 1050. The number of benzene rings is 2. The third-order valence-corrected chi connectivity index (χ3v) is 6.45. The minimum Gasteiger partial charge on any atom is -0.497 e. The van der Waals surface area contributed by atoms with Gasteiger partial charge in [0.2, 0.25) is 0 Å². The van der Waals surface area contributed by atoms with Gasteiger partial charge in [-0.05, 0) is 48.4 Å². The van der Waals surface area contributed by atoms with Gasteiger partial charge in [-0.3, -0.25) is 9.69 Å². The normalized spacial score (nSPS) is 18.6. The predicted octanol–water partition coefficient (Wildman–Crippen LogP) is 3.80. The van der Waals surface area contributed by atoms with Gasteiger partial charge >= 0.3 is 6.09 Å². The zero-order valence-corrected chi connectivity index (χ0v) is 20.2. The highest BCUT2D eigenvalue weighted by molar-refractivity contribution is 6.31. The molecule has 2 aliphatic rings. The summed E-state index contributed by atoms with van der Waals surface area (Å²) in [6.07, 6.45) is 0.263. The standard InChI is InChI=1S/C25H29ClN4O4/c1-3-34-25(32)29-14-12-28(13-15-29)17-24(31)30-23(20-6-4-5-7-21(20)26)16-22(27-30)18-8-10-19(33-2)11-9-18/h4-11,23H,3,12-17H2,1-2H3. The number of hydrogen-bond donors (Lipinski definition) is 0. The van der Waals surface area contributed by atoms with Gasteiger partial charge in [-0.25, -0.2) is 9.80 Å². The fourth-order valence-corrected chi connectivity index (χ4v) is 4.51. The Labute approximate surface area is 204 Å². The van der Waals surface area contributed by atoms with Crippen molar-refractivity contribution in [2.24, 2.45) is 5.10 Å². The smallest absolute Gasteiger partial charge is 0.409 e. The van der Waals surface area contributed by atoms with Gasteiger partial charge in [0.1, 0.15) is 5.75 Å². The largest absolute Gasteiger partial charge is 0.497 e. The summed E-state index contributed by atoms with van der Waals surface area (Å²) in [5.74, 6) is 0.665. The molecular formula is C25H29ClN4O4. The fraction of sp³-hybridized carbons (Fsp3) is 0.400. The summed E-state index contributed by atoms with van der Waals surface area (Å²) >= 11 is 6.51. The first kappa shape index (κ1) is 24.0. The zero-order chi connectivity index (χ0) is 24.1. The maximum Gasteiger partial charge on any atom is 0.409 e. The lowest BCUT2D eigenvalue weighted by atomic mass is 9.98. The van der Waals surface area contributed by atoms with E-state index in [1.807, 2.05) is 53.4 Å². The summed E-state index contributed by atoms with van der Waals surface area (Å²) in [7, 11) is 1.63. The number of carbonyl (C=O) groups excluding carboxylic acids is 2. The Hall–Kier alpha value is -3.10. The molecule has 2 aliphatic heterocycles. The molecule has 0 aliphatic carbocycles. The highest BCUT2D eigenvalue weighted by Gasteiger charge is 2.35. The summed E-state index contributed by atoms with van der Waals surface area (Å²) in [4.78, 5) is 29.1. The lowest BCUT2D eigenvalue weighted by Gasteiger charge is -2.34. The maximum atomic E-state index is 13.4. The molecule has 0 aromatic heterocycles. The van der Waals surface area contributed by atoms with E-state index >= 15 is 0 Å². The van der Waals surface area contributed by atoms with Crippen molar-refractivity contribution >= 4 is 29.3 Å². The van der Waals surface area contributed by atoms with Crippen LogP contribution in [0.5, 0.6) is 5.75 Å². The summed E-state index contributed by atoms with van der Waals surface area (Å²) in [6, 6.07) is 15.0. The summed E-state index contributed by atoms with van der Waals surface area (Å²) in [5.41, 5.74) is 2.64. The lowest BCUT2D eigenvalue weighted by molar-refractivity contribution is -0.134. The van der Waals surface area contributed by atoms with E-state index < -0.39 is 0 Å². The molecule has 2 aromatic carbocycles. The second-order valence-corrected chi connectivity index (χ2v) is 8.62. The molecule has 1 fully saturated rings. The minimum absolute atomic E-state index is 0.0991. The van der Waals surface area contributed by atoms with E-state index in [2.05, 4.69) is 0 Å². The van der Waals surface area contributed by atoms with Gasteiger partial charge in [-0.1, -0.05) is 29.8 Å². The average Bonchev–Trinajstić information content (AvgIpc) is 3.30. The average molecular weight is 485 g/mol. The van der Waals surface area contributed by atoms with Gasteiger partial charge in [0.15, 0.2) is 0 Å².